The summed E-state index contributed by atoms with van der Waals surface area (Å²) in [5.74, 6) is -0.377. The molecule has 2 heterocycles. The fraction of sp³-hybridized carbons (Fsp3) is 0.280. The van der Waals surface area contributed by atoms with Crippen LogP contribution in [0.25, 0.3) is 16.6 Å². The maximum atomic E-state index is 13.4. The number of hydrogen-bond donors (Lipinski definition) is 1. The Morgan fingerprint density at radius 3 is 2.43 bits per heavy atom. The molecule has 5 rings (SSSR count). The van der Waals surface area contributed by atoms with E-state index in [4.69, 9.17) is 0 Å². The van der Waals surface area contributed by atoms with Gasteiger partial charge in [-0.1, -0.05) is 6.07 Å². The second-order valence-corrected chi connectivity index (χ2v) is 8.83. The van der Waals surface area contributed by atoms with Gasteiger partial charge in [0.15, 0.2) is 0 Å². The van der Waals surface area contributed by atoms with Gasteiger partial charge in [0.05, 0.1) is 23.1 Å². The lowest BCUT2D eigenvalue weighted by atomic mass is 10.1. The molecule has 7 nitrogen and oxygen atoms in total. The van der Waals surface area contributed by atoms with E-state index in [1.165, 1.54) is 12.1 Å². The monoisotopic (exact) mass is 481 g/mol. The highest BCUT2D eigenvalue weighted by atomic mass is 19.4. The summed E-state index contributed by atoms with van der Waals surface area (Å²) >= 11 is 0. The molecule has 10 heteroatoms. The van der Waals surface area contributed by atoms with Crippen molar-refractivity contribution in [3.05, 3.63) is 81.4 Å². The van der Waals surface area contributed by atoms with Crippen molar-refractivity contribution in [1.82, 2.24) is 19.6 Å². The number of nitrogens with one attached hydrogen (secondary N) is 1. The first kappa shape index (κ1) is 22.8. The topological polar surface area (TPSA) is 81.8 Å². The lowest BCUT2D eigenvalue weighted by Crippen LogP contribution is -2.31. The van der Waals surface area contributed by atoms with Crippen molar-refractivity contribution in [3.8, 4) is 5.69 Å². The van der Waals surface area contributed by atoms with Crippen molar-refractivity contribution in [3.63, 3.8) is 0 Å². The molecule has 2 aromatic heterocycles. The molecular weight excluding hydrogens is 459 g/mol. The lowest BCUT2D eigenvalue weighted by Gasteiger charge is -2.12. The predicted molar refractivity (Wildman–Crippen MR) is 125 cm³/mol. The van der Waals surface area contributed by atoms with Gasteiger partial charge in [0.2, 0.25) is 5.91 Å². The first-order valence-electron chi connectivity index (χ1n) is 11.2. The molecule has 1 N–H and O–H groups in total. The number of fused-ring (bicyclic) bond motifs is 1. The molecule has 0 aliphatic heterocycles. The van der Waals surface area contributed by atoms with Gasteiger partial charge >= 0.3 is 6.18 Å². The molecule has 0 bridgehead atoms. The molecule has 1 saturated carbocycles. The Bertz CT molecular complexity index is 1500. The number of amides is 1. The maximum absolute atomic E-state index is 13.4. The smallest absolute Gasteiger partial charge is 0.324 e. The highest BCUT2D eigenvalue weighted by molar-refractivity contribution is 5.91. The summed E-state index contributed by atoms with van der Waals surface area (Å²) in [6, 6.07) is 9.90. The summed E-state index contributed by atoms with van der Waals surface area (Å²) in [5.41, 5.74) is 2.87. The summed E-state index contributed by atoms with van der Waals surface area (Å²) in [6.07, 6.45) is -0.952. The SMILES string of the molecule is Cc1ccc(-n2ncc3c(C4CC4)nn(CC(=O)Nc4ccc(C(F)(F)F)cc4)c(=O)c32)cc1C. The van der Waals surface area contributed by atoms with Crippen molar-refractivity contribution in [2.75, 3.05) is 5.32 Å². The minimum Gasteiger partial charge on any atom is -0.324 e. The number of carbonyl (C=O) groups is 1. The third-order valence-corrected chi connectivity index (χ3v) is 6.20. The minimum atomic E-state index is -4.46. The Morgan fingerprint density at radius 1 is 1.09 bits per heavy atom. The molecular formula is C25H22F3N5O2. The van der Waals surface area contributed by atoms with Gasteiger partial charge in [-0.15, -0.1) is 0 Å². The van der Waals surface area contributed by atoms with Crippen LogP contribution in [0.15, 0.2) is 53.5 Å². The van der Waals surface area contributed by atoms with Crippen molar-refractivity contribution in [2.45, 2.75) is 45.3 Å². The van der Waals surface area contributed by atoms with Crippen LogP contribution in [0.2, 0.25) is 0 Å². The van der Waals surface area contributed by atoms with Gasteiger partial charge in [-0.3, -0.25) is 9.59 Å². The van der Waals surface area contributed by atoms with E-state index >= 15 is 0 Å². The maximum Gasteiger partial charge on any atom is 0.416 e. The molecule has 35 heavy (non-hydrogen) atoms. The van der Waals surface area contributed by atoms with E-state index in [1.54, 1.807) is 10.9 Å². The summed E-state index contributed by atoms with van der Waals surface area (Å²) < 4.78 is 41.0. The zero-order valence-electron chi connectivity index (χ0n) is 19.1. The second-order valence-electron chi connectivity index (χ2n) is 8.83. The number of hydrogen-bond acceptors (Lipinski definition) is 4. The van der Waals surface area contributed by atoms with E-state index in [0.29, 0.717) is 10.9 Å². The highest BCUT2D eigenvalue weighted by Gasteiger charge is 2.31. The summed E-state index contributed by atoms with van der Waals surface area (Å²) in [6.45, 7) is 3.59. The fourth-order valence-corrected chi connectivity index (χ4v) is 3.99. The van der Waals surface area contributed by atoms with Crippen LogP contribution in [0.4, 0.5) is 18.9 Å². The molecule has 4 aromatic rings. The van der Waals surface area contributed by atoms with E-state index in [9.17, 15) is 22.8 Å². The number of carbonyl (C=O) groups excluding carboxylic acids is 1. The molecule has 0 spiro atoms. The van der Waals surface area contributed by atoms with E-state index in [1.807, 2.05) is 32.0 Å². The van der Waals surface area contributed by atoms with Gasteiger partial charge in [-0.25, -0.2) is 9.36 Å². The average Bonchev–Trinajstić information content (AvgIpc) is 3.55. The Kier molecular flexibility index (Phi) is 5.46. The standard InChI is InChI=1S/C25H22F3N5O2/c1-14-3-10-19(11-15(14)2)33-23-20(12-29-33)22(16-4-5-16)31-32(24(23)35)13-21(34)30-18-8-6-17(7-9-18)25(26,27)28/h3,6-12,16H,4-5,13H2,1-2H3,(H,30,34). The van der Waals surface area contributed by atoms with Crippen LogP contribution in [0.3, 0.4) is 0 Å². The van der Waals surface area contributed by atoms with Gasteiger partial charge in [-0.2, -0.15) is 23.4 Å². The molecule has 0 saturated heterocycles. The van der Waals surface area contributed by atoms with Crippen LogP contribution in [0.5, 0.6) is 0 Å². The third-order valence-electron chi connectivity index (χ3n) is 6.20. The van der Waals surface area contributed by atoms with Crippen LogP contribution in [0, 0.1) is 13.8 Å². The number of halogens is 3. The number of rotatable bonds is 5. The Hall–Kier alpha value is -3.95. The summed E-state index contributed by atoms with van der Waals surface area (Å²) in [4.78, 5) is 26.1. The van der Waals surface area contributed by atoms with Gasteiger partial charge in [0.25, 0.3) is 5.56 Å². The molecule has 2 aromatic carbocycles. The van der Waals surface area contributed by atoms with Gasteiger partial charge in [0, 0.05) is 17.0 Å². The fourth-order valence-electron chi connectivity index (χ4n) is 3.99. The van der Waals surface area contributed by atoms with Crippen LogP contribution in [-0.4, -0.2) is 25.5 Å². The Balaban J connectivity index is 1.49. The quantitative estimate of drug-likeness (QED) is 0.447. The molecule has 1 fully saturated rings. The Morgan fingerprint density at radius 2 is 1.80 bits per heavy atom. The van der Waals surface area contributed by atoms with Crippen LogP contribution >= 0.6 is 0 Å². The number of aromatic nitrogens is 4. The summed E-state index contributed by atoms with van der Waals surface area (Å²) in [7, 11) is 0. The van der Waals surface area contributed by atoms with E-state index < -0.39 is 23.2 Å². The number of alkyl halides is 3. The highest BCUT2D eigenvalue weighted by Crippen LogP contribution is 2.41. The normalized spacial score (nSPS) is 13.9. The largest absolute Gasteiger partial charge is 0.416 e. The first-order valence-corrected chi connectivity index (χ1v) is 11.2. The minimum absolute atomic E-state index is 0.194. The molecule has 180 valence electrons. The molecule has 0 atom stereocenters. The van der Waals surface area contributed by atoms with E-state index in [2.05, 4.69) is 15.5 Å². The van der Waals surface area contributed by atoms with Crippen molar-refractivity contribution < 1.29 is 18.0 Å². The lowest BCUT2D eigenvalue weighted by molar-refractivity contribution is -0.137. The van der Waals surface area contributed by atoms with Gasteiger partial charge in [0.1, 0.15) is 12.1 Å². The average molecular weight is 481 g/mol. The molecule has 0 radical (unpaired) electrons. The van der Waals surface area contributed by atoms with Crippen LogP contribution in [-0.2, 0) is 17.5 Å². The van der Waals surface area contributed by atoms with Crippen LogP contribution < -0.4 is 10.9 Å². The molecule has 0 unspecified atom stereocenters. The first-order chi connectivity index (χ1) is 16.6. The molecule has 1 aliphatic carbocycles. The van der Waals surface area contributed by atoms with E-state index in [-0.39, 0.29) is 18.2 Å². The second kappa shape index (κ2) is 8.37. The number of aryl methyl sites for hydroxylation is 2. The summed E-state index contributed by atoms with van der Waals surface area (Å²) in [5, 5.41) is 12.1. The van der Waals surface area contributed by atoms with Gasteiger partial charge in [-0.05, 0) is 74.2 Å². The number of benzene rings is 2. The number of anilines is 1. The van der Waals surface area contributed by atoms with Crippen molar-refractivity contribution in [2.24, 2.45) is 0 Å². The zero-order chi connectivity index (χ0) is 24.9. The van der Waals surface area contributed by atoms with Crippen molar-refractivity contribution >= 4 is 22.5 Å². The third kappa shape index (κ3) is 4.43. The molecule has 1 aliphatic rings. The Labute approximate surface area is 198 Å². The van der Waals surface area contributed by atoms with Gasteiger partial charge < -0.3 is 5.32 Å². The van der Waals surface area contributed by atoms with Crippen molar-refractivity contribution in [1.29, 1.82) is 0 Å². The zero-order valence-corrected chi connectivity index (χ0v) is 19.1. The van der Waals surface area contributed by atoms with E-state index in [0.717, 1.165) is 52.2 Å². The number of nitrogens with zero attached hydrogens (tertiary/aromatic N) is 4. The van der Waals surface area contributed by atoms with Crippen LogP contribution in [0.1, 0.15) is 41.1 Å². The molecule has 1 amide bonds. The predicted octanol–water partition coefficient (Wildman–Crippen LogP) is 4.73.